The van der Waals surface area contributed by atoms with Crippen LogP contribution in [0.4, 0.5) is 4.79 Å². The molecule has 1 N–H and O–H groups in total. The zero-order valence-corrected chi connectivity index (χ0v) is 5.92. The summed E-state index contributed by atoms with van der Waals surface area (Å²) in [5, 5.41) is 0. The predicted molar refractivity (Wildman–Crippen MR) is 36.3 cm³/mol. The van der Waals surface area contributed by atoms with E-state index in [4.69, 9.17) is 0 Å². The molecule has 0 aliphatic heterocycles. The predicted octanol–water partition coefficient (Wildman–Crippen LogP) is 0.850. The fraction of sp³-hybridized carbons (Fsp3) is 0.500. The summed E-state index contributed by atoms with van der Waals surface area (Å²) in [5.41, 5.74) is 2.06. The highest BCUT2D eigenvalue weighted by atomic mass is 16.7. The summed E-state index contributed by atoms with van der Waals surface area (Å²) in [4.78, 5) is 15.0. The standard InChI is InChI=1S/C6H11NO3/c1-3-5-9-6(8)7-10-4-2/h3H,1,4-5H2,2H3,(H,7,8). The molecule has 0 aromatic carbocycles. The molecule has 0 fully saturated rings. The van der Waals surface area contributed by atoms with Crippen LogP contribution in [0.25, 0.3) is 0 Å². The van der Waals surface area contributed by atoms with Gasteiger partial charge in [-0.1, -0.05) is 12.7 Å². The first-order chi connectivity index (χ1) is 4.81. The molecule has 0 aromatic rings. The lowest BCUT2D eigenvalue weighted by Crippen LogP contribution is -2.24. The first-order valence-electron chi connectivity index (χ1n) is 2.96. The van der Waals surface area contributed by atoms with Crippen LogP contribution in [0.2, 0.25) is 0 Å². The molecule has 0 heterocycles. The average Bonchev–Trinajstić information content (AvgIpc) is 1.97. The number of amides is 1. The van der Waals surface area contributed by atoms with Crippen LogP contribution >= 0.6 is 0 Å². The zero-order valence-electron chi connectivity index (χ0n) is 5.92. The molecule has 58 valence electrons. The van der Waals surface area contributed by atoms with Gasteiger partial charge in [0.2, 0.25) is 0 Å². The highest BCUT2D eigenvalue weighted by Gasteiger charge is 1.96. The lowest BCUT2D eigenvalue weighted by atomic mass is 10.7. The van der Waals surface area contributed by atoms with Crippen molar-refractivity contribution >= 4 is 6.09 Å². The second kappa shape index (κ2) is 6.10. The molecule has 0 saturated heterocycles. The molecule has 0 aromatic heterocycles. The van der Waals surface area contributed by atoms with Gasteiger partial charge in [-0.25, -0.2) is 4.79 Å². The van der Waals surface area contributed by atoms with E-state index in [1.54, 1.807) is 6.92 Å². The minimum Gasteiger partial charge on any atom is -0.444 e. The molecule has 1 amide bonds. The Morgan fingerprint density at radius 2 is 2.50 bits per heavy atom. The van der Waals surface area contributed by atoms with Crippen molar-refractivity contribution < 1.29 is 14.4 Å². The summed E-state index contributed by atoms with van der Waals surface area (Å²) in [5.74, 6) is 0. The van der Waals surface area contributed by atoms with E-state index in [-0.39, 0.29) is 6.61 Å². The molecule has 0 atom stereocenters. The van der Waals surface area contributed by atoms with Crippen LogP contribution in [0, 0.1) is 0 Å². The van der Waals surface area contributed by atoms with Gasteiger partial charge in [0.05, 0.1) is 6.61 Å². The van der Waals surface area contributed by atoms with Crippen molar-refractivity contribution in [2.75, 3.05) is 13.2 Å². The number of carbonyl (C=O) groups excluding carboxylic acids is 1. The van der Waals surface area contributed by atoms with Crippen LogP contribution in [0.1, 0.15) is 6.92 Å². The Hall–Kier alpha value is -1.03. The van der Waals surface area contributed by atoms with Crippen molar-refractivity contribution in [1.82, 2.24) is 5.48 Å². The fourth-order valence-electron chi connectivity index (χ4n) is 0.295. The van der Waals surface area contributed by atoms with Gasteiger partial charge >= 0.3 is 6.09 Å². The van der Waals surface area contributed by atoms with E-state index in [1.165, 1.54) is 6.08 Å². The van der Waals surface area contributed by atoms with Gasteiger partial charge in [-0.05, 0) is 6.92 Å². The topological polar surface area (TPSA) is 47.6 Å². The molecule has 0 bridgehead atoms. The molecule has 0 aliphatic rings. The van der Waals surface area contributed by atoms with Crippen molar-refractivity contribution in [2.24, 2.45) is 0 Å². The van der Waals surface area contributed by atoms with Gasteiger partial charge in [0.25, 0.3) is 0 Å². The van der Waals surface area contributed by atoms with E-state index < -0.39 is 6.09 Å². The number of rotatable bonds is 4. The van der Waals surface area contributed by atoms with Gasteiger partial charge in [0, 0.05) is 0 Å². The zero-order chi connectivity index (χ0) is 7.82. The molecule has 0 rings (SSSR count). The van der Waals surface area contributed by atoms with E-state index in [0.29, 0.717) is 6.61 Å². The maximum atomic E-state index is 10.5. The molecule has 0 saturated carbocycles. The Balaban J connectivity index is 3.16. The highest BCUT2D eigenvalue weighted by molar-refractivity contribution is 5.65. The van der Waals surface area contributed by atoms with Gasteiger partial charge in [0.1, 0.15) is 6.61 Å². The molecule has 0 spiro atoms. The Morgan fingerprint density at radius 3 is 3.00 bits per heavy atom. The van der Waals surface area contributed by atoms with Gasteiger partial charge < -0.3 is 4.74 Å². The van der Waals surface area contributed by atoms with E-state index >= 15 is 0 Å². The summed E-state index contributed by atoms with van der Waals surface area (Å²) in [7, 11) is 0. The molecule has 10 heavy (non-hydrogen) atoms. The van der Waals surface area contributed by atoms with Crippen molar-refractivity contribution in [2.45, 2.75) is 6.92 Å². The first kappa shape index (κ1) is 8.97. The number of hydrogen-bond acceptors (Lipinski definition) is 3. The highest BCUT2D eigenvalue weighted by Crippen LogP contribution is 1.77. The van der Waals surface area contributed by atoms with E-state index in [9.17, 15) is 4.79 Å². The summed E-state index contributed by atoms with van der Waals surface area (Å²) >= 11 is 0. The van der Waals surface area contributed by atoms with Crippen molar-refractivity contribution in [3.05, 3.63) is 12.7 Å². The van der Waals surface area contributed by atoms with Crippen LogP contribution in [-0.4, -0.2) is 19.3 Å². The Bertz CT molecular complexity index is 114. The third-order valence-electron chi connectivity index (χ3n) is 0.632. The van der Waals surface area contributed by atoms with Crippen LogP contribution in [0.15, 0.2) is 12.7 Å². The molecular weight excluding hydrogens is 134 g/mol. The van der Waals surface area contributed by atoms with Crippen LogP contribution in [0.5, 0.6) is 0 Å². The largest absolute Gasteiger partial charge is 0.444 e. The molecule has 4 heteroatoms. The maximum absolute atomic E-state index is 10.5. The van der Waals surface area contributed by atoms with Crippen molar-refractivity contribution in [3.63, 3.8) is 0 Å². The normalized spacial score (nSPS) is 8.50. The Morgan fingerprint density at radius 1 is 1.80 bits per heavy atom. The van der Waals surface area contributed by atoms with Crippen LogP contribution < -0.4 is 5.48 Å². The maximum Gasteiger partial charge on any atom is 0.431 e. The minimum absolute atomic E-state index is 0.193. The van der Waals surface area contributed by atoms with Gasteiger partial charge in [-0.2, -0.15) is 5.48 Å². The number of nitrogens with one attached hydrogen (secondary N) is 1. The van der Waals surface area contributed by atoms with E-state index in [1.807, 2.05) is 0 Å². The Labute approximate surface area is 59.8 Å². The summed E-state index contributed by atoms with van der Waals surface area (Å²) in [6, 6.07) is 0. The van der Waals surface area contributed by atoms with Gasteiger partial charge in [-0.3, -0.25) is 4.84 Å². The third-order valence-corrected chi connectivity index (χ3v) is 0.632. The fourth-order valence-corrected chi connectivity index (χ4v) is 0.295. The monoisotopic (exact) mass is 145 g/mol. The smallest absolute Gasteiger partial charge is 0.431 e. The van der Waals surface area contributed by atoms with Crippen LogP contribution in [0.3, 0.4) is 0 Å². The van der Waals surface area contributed by atoms with Crippen molar-refractivity contribution in [1.29, 1.82) is 0 Å². The third kappa shape index (κ3) is 5.11. The molecule has 0 unspecified atom stereocenters. The number of ether oxygens (including phenoxy) is 1. The summed E-state index contributed by atoms with van der Waals surface area (Å²) < 4.78 is 4.50. The minimum atomic E-state index is -0.596. The van der Waals surface area contributed by atoms with Crippen LogP contribution in [-0.2, 0) is 9.57 Å². The molecular formula is C6H11NO3. The van der Waals surface area contributed by atoms with Gasteiger partial charge in [-0.15, -0.1) is 0 Å². The first-order valence-corrected chi connectivity index (χ1v) is 2.96. The summed E-state index contributed by atoms with van der Waals surface area (Å²) in [6.45, 7) is 5.74. The SMILES string of the molecule is C=CCOC(=O)NOCC. The Kier molecular flexibility index (Phi) is 5.47. The van der Waals surface area contributed by atoms with Gasteiger partial charge in [0.15, 0.2) is 0 Å². The second-order valence-electron chi connectivity index (χ2n) is 1.42. The summed E-state index contributed by atoms with van der Waals surface area (Å²) in [6.07, 6.45) is 0.882. The number of hydrogen-bond donors (Lipinski definition) is 1. The quantitative estimate of drug-likeness (QED) is 0.471. The lowest BCUT2D eigenvalue weighted by molar-refractivity contribution is 0.0382. The second-order valence-corrected chi connectivity index (χ2v) is 1.42. The lowest BCUT2D eigenvalue weighted by Gasteiger charge is -2.02. The van der Waals surface area contributed by atoms with E-state index in [2.05, 4.69) is 21.6 Å². The number of carbonyl (C=O) groups is 1. The average molecular weight is 145 g/mol. The number of hydroxylamine groups is 1. The molecule has 0 radical (unpaired) electrons. The molecule has 0 aliphatic carbocycles. The van der Waals surface area contributed by atoms with Crippen molar-refractivity contribution in [3.8, 4) is 0 Å². The molecule has 4 nitrogen and oxygen atoms in total. The van der Waals surface area contributed by atoms with E-state index in [0.717, 1.165) is 0 Å².